The van der Waals surface area contributed by atoms with Crippen LogP contribution in [0.15, 0.2) is 0 Å². The molecule has 0 unspecified atom stereocenters. The number of likely N-dealkylation sites (tertiary alicyclic amines) is 1. The minimum Gasteiger partial charge on any atom is -0.316 e. The highest BCUT2D eigenvalue weighted by atomic mass is 15.1. The van der Waals surface area contributed by atoms with E-state index in [4.69, 9.17) is 0 Å². The van der Waals surface area contributed by atoms with Gasteiger partial charge in [0.15, 0.2) is 0 Å². The van der Waals surface area contributed by atoms with Crippen molar-refractivity contribution < 1.29 is 0 Å². The van der Waals surface area contributed by atoms with E-state index in [0.717, 1.165) is 19.0 Å². The first-order valence-corrected chi connectivity index (χ1v) is 7.68. The fourth-order valence-electron chi connectivity index (χ4n) is 3.08. The molecule has 2 heteroatoms. The van der Waals surface area contributed by atoms with Gasteiger partial charge in [-0.15, -0.1) is 0 Å². The minimum absolute atomic E-state index is 0.393. The van der Waals surface area contributed by atoms with Crippen molar-refractivity contribution in [3.05, 3.63) is 0 Å². The van der Waals surface area contributed by atoms with Gasteiger partial charge in [-0.05, 0) is 49.2 Å². The molecule has 1 fully saturated rings. The van der Waals surface area contributed by atoms with Gasteiger partial charge in [0.1, 0.15) is 0 Å². The summed E-state index contributed by atoms with van der Waals surface area (Å²) in [6.45, 7) is 20.1. The summed E-state index contributed by atoms with van der Waals surface area (Å²) in [5.41, 5.74) is 0.885. The smallest absolute Gasteiger partial charge is 0.00448 e. The van der Waals surface area contributed by atoms with Crippen molar-refractivity contribution >= 4 is 0 Å². The first-order valence-electron chi connectivity index (χ1n) is 7.68. The lowest BCUT2D eigenvalue weighted by Gasteiger charge is -2.41. The molecular formula is C16H34N2. The number of hydrogen-bond acceptors (Lipinski definition) is 2. The Morgan fingerprint density at radius 1 is 1.06 bits per heavy atom. The Labute approximate surface area is 115 Å². The molecule has 1 aliphatic heterocycles. The number of piperidine rings is 1. The summed E-state index contributed by atoms with van der Waals surface area (Å²) >= 11 is 0. The lowest BCUT2D eigenvalue weighted by molar-refractivity contribution is 0.0843. The number of rotatable bonds is 5. The van der Waals surface area contributed by atoms with Crippen LogP contribution in [0.3, 0.4) is 0 Å². The first kappa shape index (κ1) is 16.0. The fraction of sp³-hybridized carbons (Fsp3) is 1.00. The van der Waals surface area contributed by atoms with E-state index in [1.165, 1.54) is 32.5 Å². The van der Waals surface area contributed by atoms with E-state index in [1.54, 1.807) is 0 Å². The van der Waals surface area contributed by atoms with Crippen LogP contribution in [0.4, 0.5) is 0 Å². The second kappa shape index (κ2) is 6.38. The lowest BCUT2D eigenvalue weighted by atomic mass is 9.75. The Bertz CT molecular complexity index is 232. The third-order valence-electron chi connectivity index (χ3n) is 4.32. The van der Waals surface area contributed by atoms with Gasteiger partial charge in [0, 0.05) is 13.1 Å². The van der Waals surface area contributed by atoms with Gasteiger partial charge in [0.05, 0.1) is 0 Å². The van der Waals surface area contributed by atoms with Crippen molar-refractivity contribution in [1.29, 1.82) is 0 Å². The average molecular weight is 254 g/mol. The van der Waals surface area contributed by atoms with E-state index in [2.05, 4.69) is 51.8 Å². The predicted molar refractivity (Wildman–Crippen MR) is 80.9 cm³/mol. The summed E-state index contributed by atoms with van der Waals surface area (Å²) in [7, 11) is 0. The van der Waals surface area contributed by atoms with E-state index in [0.29, 0.717) is 10.8 Å². The number of hydrogen-bond donors (Lipinski definition) is 1. The van der Waals surface area contributed by atoms with Crippen LogP contribution in [0, 0.1) is 16.7 Å². The third-order valence-corrected chi connectivity index (χ3v) is 4.32. The summed E-state index contributed by atoms with van der Waals surface area (Å²) < 4.78 is 0. The quantitative estimate of drug-likeness (QED) is 0.809. The molecule has 2 nitrogen and oxygen atoms in total. The van der Waals surface area contributed by atoms with Crippen LogP contribution in [0.1, 0.15) is 54.4 Å². The van der Waals surface area contributed by atoms with Gasteiger partial charge in [-0.25, -0.2) is 0 Å². The second-order valence-electron chi connectivity index (χ2n) is 7.86. The molecule has 0 aromatic rings. The second-order valence-corrected chi connectivity index (χ2v) is 7.86. The standard InChI is InChI=1S/C16H34N2/c1-7-17-12-16(5,6)13-18-10-8-14(9-11-18)15(2,3)4/h14,17H,7-13H2,1-6H3. The predicted octanol–water partition coefficient (Wildman–Crippen LogP) is 3.38. The molecule has 0 atom stereocenters. The van der Waals surface area contributed by atoms with Crippen LogP contribution in [0.5, 0.6) is 0 Å². The Kier molecular flexibility index (Phi) is 5.67. The highest BCUT2D eigenvalue weighted by Crippen LogP contribution is 2.34. The maximum atomic E-state index is 3.48. The Hall–Kier alpha value is -0.0800. The van der Waals surface area contributed by atoms with E-state index in [9.17, 15) is 0 Å². The van der Waals surface area contributed by atoms with Gasteiger partial charge in [0.2, 0.25) is 0 Å². The van der Waals surface area contributed by atoms with E-state index in [1.807, 2.05) is 0 Å². The maximum absolute atomic E-state index is 3.48. The molecule has 0 radical (unpaired) electrons. The zero-order chi connectivity index (χ0) is 13.8. The third kappa shape index (κ3) is 5.27. The molecule has 0 amide bonds. The highest BCUT2D eigenvalue weighted by molar-refractivity contribution is 4.83. The maximum Gasteiger partial charge on any atom is 0.00448 e. The normalized spacial score (nSPS) is 20.3. The topological polar surface area (TPSA) is 15.3 Å². The van der Waals surface area contributed by atoms with E-state index < -0.39 is 0 Å². The summed E-state index contributed by atoms with van der Waals surface area (Å²) in [5.74, 6) is 0.908. The van der Waals surface area contributed by atoms with Crippen LogP contribution in [0.25, 0.3) is 0 Å². The van der Waals surface area contributed by atoms with Crippen molar-refractivity contribution in [2.24, 2.45) is 16.7 Å². The molecule has 1 rings (SSSR count). The monoisotopic (exact) mass is 254 g/mol. The largest absolute Gasteiger partial charge is 0.316 e. The molecule has 0 spiro atoms. The van der Waals surface area contributed by atoms with Crippen LogP contribution >= 0.6 is 0 Å². The summed E-state index contributed by atoms with van der Waals surface area (Å²) in [6, 6.07) is 0. The Morgan fingerprint density at radius 3 is 2.06 bits per heavy atom. The van der Waals surface area contributed by atoms with Crippen LogP contribution in [-0.4, -0.2) is 37.6 Å². The molecule has 0 bridgehead atoms. The van der Waals surface area contributed by atoms with Gasteiger partial charge in [0.25, 0.3) is 0 Å². The van der Waals surface area contributed by atoms with Crippen LogP contribution in [0.2, 0.25) is 0 Å². The average Bonchev–Trinajstić information content (AvgIpc) is 2.25. The molecule has 108 valence electrons. The Morgan fingerprint density at radius 2 is 1.61 bits per heavy atom. The SMILES string of the molecule is CCNCC(C)(C)CN1CCC(C(C)(C)C)CC1. The van der Waals surface area contributed by atoms with Gasteiger partial charge < -0.3 is 10.2 Å². The van der Waals surface area contributed by atoms with Gasteiger partial charge in [-0.1, -0.05) is 41.5 Å². The molecular weight excluding hydrogens is 220 g/mol. The Balaban J connectivity index is 2.35. The van der Waals surface area contributed by atoms with Crippen molar-refractivity contribution in [1.82, 2.24) is 10.2 Å². The molecule has 18 heavy (non-hydrogen) atoms. The van der Waals surface area contributed by atoms with Gasteiger partial charge >= 0.3 is 0 Å². The minimum atomic E-state index is 0.393. The van der Waals surface area contributed by atoms with Crippen LogP contribution < -0.4 is 5.32 Å². The summed E-state index contributed by atoms with van der Waals surface area (Å²) in [5, 5.41) is 3.48. The number of nitrogens with one attached hydrogen (secondary N) is 1. The van der Waals surface area contributed by atoms with Crippen molar-refractivity contribution in [3.63, 3.8) is 0 Å². The molecule has 0 aromatic heterocycles. The molecule has 1 heterocycles. The molecule has 0 saturated carbocycles. The van der Waals surface area contributed by atoms with Gasteiger partial charge in [-0.3, -0.25) is 0 Å². The van der Waals surface area contributed by atoms with Gasteiger partial charge in [-0.2, -0.15) is 0 Å². The lowest BCUT2D eigenvalue weighted by Crippen LogP contribution is -2.45. The highest BCUT2D eigenvalue weighted by Gasteiger charge is 2.30. The number of nitrogens with zero attached hydrogens (tertiary/aromatic N) is 1. The van der Waals surface area contributed by atoms with E-state index in [-0.39, 0.29) is 0 Å². The summed E-state index contributed by atoms with van der Waals surface area (Å²) in [4.78, 5) is 2.67. The molecule has 1 aliphatic rings. The van der Waals surface area contributed by atoms with E-state index >= 15 is 0 Å². The summed E-state index contributed by atoms with van der Waals surface area (Å²) in [6.07, 6.45) is 2.75. The first-order chi connectivity index (χ1) is 8.24. The van der Waals surface area contributed by atoms with Crippen molar-refractivity contribution in [2.45, 2.75) is 54.4 Å². The molecule has 0 aromatic carbocycles. The molecule has 1 saturated heterocycles. The van der Waals surface area contributed by atoms with Crippen molar-refractivity contribution in [3.8, 4) is 0 Å². The fourth-order valence-corrected chi connectivity index (χ4v) is 3.08. The molecule has 1 N–H and O–H groups in total. The zero-order valence-corrected chi connectivity index (χ0v) is 13.5. The molecule has 0 aliphatic carbocycles. The zero-order valence-electron chi connectivity index (χ0n) is 13.5. The van der Waals surface area contributed by atoms with Crippen molar-refractivity contribution in [2.75, 3.05) is 32.7 Å². The van der Waals surface area contributed by atoms with Crippen LogP contribution in [-0.2, 0) is 0 Å².